The number of nitrogen functional groups attached to an aromatic ring is 1. The SMILES string of the molecule is CC.CC.CC(C)(C#N)c1cccc(N)c1.CCC(C)C.[HH]. The highest BCUT2D eigenvalue weighted by Crippen LogP contribution is 2.23. The third-order valence-corrected chi connectivity index (χ3v) is 2.70. The molecule has 0 radical (unpaired) electrons. The van der Waals surface area contributed by atoms with Gasteiger partial charge in [0.25, 0.3) is 0 Å². The van der Waals surface area contributed by atoms with E-state index in [1.165, 1.54) is 6.42 Å². The normalized spacial score (nSPS) is 9.00. The van der Waals surface area contributed by atoms with E-state index in [0.717, 1.165) is 11.5 Å². The predicted molar refractivity (Wildman–Crippen MR) is 99.4 cm³/mol. The molecule has 0 saturated heterocycles. The van der Waals surface area contributed by atoms with Crippen LogP contribution in [0.4, 0.5) is 5.69 Å². The van der Waals surface area contributed by atoms with Crippen LogP contribution in [0.15, 0.2) is 24.3 Å². The van der Waals surface area contributed by atoms with E-state index in [1.807, 2.05) is 65.8 Å². The lowest BCUT2D eigenvalue weighted by Gasteiger charge is -2.15. The molecule has 0 aliphatic rings. The van der Waals surface area contributed by atoms with Gasteiger partial charge in [-0.25, -0.2) is 0 Å². The molecule has 1 aromatic rings. The van der Waals surface area contributed by atoms with E-state index in [1.54, 1.807) is 0 Å². The summed E-state index contributed by atoms with van der Waals surface area (Å²) in [6.07, 6.45) is 1.31. The van der Waals surface area contributed by atoms with Crippen molar-refractivity contribution in [3.8, 4) is 6.07 Å². The Bertz CT molecular complexity index is 379. The summed E-state index contributed by atoms with van der Waals surface area (Å²) in [5, 5.41) is 8.85. The van der Waals surface area contributed by atoms with E-state index in [0.29, 0.717) is 5.69 Å². The second-order valence-electron chi connectivity index (χ2n) is 5.16. The van der Waals surface area contributed by atoms with Crippen molar-refractivity contribution in [3.63, 3.8) is 0 Å². The van der Waals surface area contributed by atoms with Gasteiger partial charge in [-0.3, -0.25) is 0 Å². The van der Waals surface area contributed by atoms with Gasteiger partial charge >= 0.3 is 0 Å². The molecule has 0 spiro atoms. The first-order valence-electron chi connectivity index (χ1n) is 8.10. The minimum atomic E-state index is -0.449. The molecule has 0 aliphatic carbocycles. The molecule has 2 nitrogen and oxygen atoms in total. The van der Waals surface area contributed by atoms with Gasteiger partial charge in [-0.2, -0.15) is 5.26 Å². The first kappa shape index (κ1) is 24.5. The van der Waals surface area contributed by atoms with Crippen LogP contribution in [0.1, 0.15) is 75.7 Å². The highest BCUT2D eigenvalue weighted by atomic mass is 14.5. The van der Waals surface area contributed by atoms with Crippen LogP contribution in [-0.4, -0.2) is 0 Å². The van der Waals surface area contributed by atoms with Gasteiger partial charge in [0.2, 0.25) is 0 Å². The maximum absolute atomic E-state index is 8.85. The number of nitrogens with two attached hydrogens (primary N) is 1. The van der Waals surface area contributed by atoms with Crippen LogP contribution >= 0.6 is 0 Å². The van der Waals surface area contributed by atoms with Crippen LogP contribution < -0.4 is 5.73 Å². The Morgan fingerprint density at radius 1 is 1.19 bits per heavy atom. The molecule has 0 unspecified atom stereocenters. The minimum absolute atomic E-state index is 0. The number of nitrogens with zero attached hydrogens (tertiary/aromatic N) is 1. The van der Waals surface area contributed by atoms with E-state index in [2.05, 4.69) is 26.8 Å². The zero-order valence-corrected chi connectivity index (χ0v) is 15.6. The fourth-order valence-electron chi connectivity index (χ4n) is 0.992. The largest absolute Gasteiger partial charge is 0.399 e. The van der Waals surface area contributed by atoms with Gasteiger partial charge in [0, 0.05) is 7.11 Å². The number of hydrogen-bond acceptors (Lipinski definition) is 2. The lowest BCUT2D eigenvalue weighted by atomic mass is 9.86. The van der Waals surface area contributed by atoms with Gasteiger partial charge < -0.3 is 5.73 Å². The van der Waals surface area contributed by atoms with Crippen LogP contribution in [0.5, 0.6) is 0 Å². The third-order valence-electron chi connectivity index (χ3n) is 2.70. The van der Waals surface area contributed by atoms with Crippen molar-refractivity contribution in [2.24, 2.45) is 5.92 Å². The standard InChI is InChI=1S/C10H12N2.C5H12.2C2H6.H2/c1-10(2,7-11)8-4-3-5-9(12)6-8;1-4-5(2)3;2*1-2;/h3-6H,12H2,1-2H3;5H,4H2,1-3H3;2*1-2H3;1H. The molecule has 0 bridgehead atoms. The lowest BCUT2D eigenvalue weighted by molar-refractivity contribution is 0.626. The fourth-order valence-corrected chi connectivity index (χ4v) is 0.992. The summed E-state index contributed by atoms with van der Waals surface area (Å²) in [6, 6.07) is 9.66. The molecule has 1 rings (SSSR count). The maximum atomic E-state index is 8.85. The first-order chi connectivity index (χ1) is 9.83. The summed E-state index contributed by atoms with van der Waals surface area (Å²) in [7, 11) is 0. The smallest absolute Gasteiger partial charge is 0.0767 e. The van der Waals surface area contributed by atoms with Gasteiger partial charge in [-0.1, -0.05) is 67.0 Å². The maximum Gasteiger partial charge on any atom is 0.0767 e. The summed E-state index contributed by atoms with van der Waals surface area (Å²) in [4.78, 5) is 0. The van der Waals surface area contributed by atoms with E-state index in [9.17, 15) is 0 Å². The van der Waals surface area contributed by atoms with Crippen molar-refractivity contribution in [1.82, 2.24) is 0 Å². The number of rotatable bonds is 2. The van der Waals surface area contributed by atoms with E-state index in [-0.39, 0.29) is 1.43 Å². The van der Waals surface area contributed by atoms with E-state index >= 15 is 0 Å². The Morgan fingerprint density at radius 3 is 1.90 bits per heavy atom. The zero-order valence-electron chi connectivity index (χ0n) is 15.6. The summed E-state index contributed by atoms with van der Waals surface area (Å²) in [5.41, 5.74) is 6.82. The Hall–Kier alpha value is -1.49. The summed E-state index contributed by atoms with van der Waals surface area (Å²) in [5.74, 6) is 0.884. The van der Waals surface area contributed by atoms with E-state index < -0.39 is 5.41 Å². The third kappa shape index (κ3) is 13.3. The molecule has 1 aromatic carbocycles. The van der Waals surface area contributed by atoms with Crippen LogP contribution in [0.2, 0.25) is 0 Å². The molecule has 0 aromatic heterocycles. The molecule has 124 valence electrons. The molecule has 21 heavy (non-hydrogen) atoms. The van der Waals surface area contributed by atoms with Crippen LogP contribution in [0, 0.1) is 17.2 Å². The number of benzene rings is 1. The quantitative estimate of drug-likeness (QED) is 0.640. The Morgan fingerprint density at radius 2 is 1.62 bits per heavy atom. The van der Waals surface area contributed by atoms with Gasteiger partial charge in [0.15, 0.2) is 0 Å². The number of hydrogen-bond donors (Lipinski definition) is 1. The molecule has 2 heteroatoms. The monoisotopic (exact) mass is 294 g/mol. The van der Waals surface area contributed by atoms with Crippen molar-refractivity contribution in [2.45, 2.75) is 74.1 Å². The molecule has 0 atom stereocenters. The molecule has 0 heterocycles. The summed E-state index contributed by atoms with van der Waals surface area (Å²) in [6.45, 7) is 18.4. The molecular formula is C19H38N2. The lowest BCUT2D eigenvalue weighted by Crippen LogP contribution is -2.13. The molecular weight excluding hydrogens is 256 g/mol. The summed E-state index contributed by atoms with van der Waals surface area (Å²) < 4.78 is 0. The van der Waals surface area contributed by atoms with E-state index in [4.69, 9.17) is 11.0 Å². The highest BCUT2D eigenvalue weighted by molar-refractivity contribution is 5.44. The second-order valence-corrected chi connectivity index (χ2v) is 5.16. The topological polar surface area (TPSA) is 49.8 Å². The number of anilines is 1. The molecule has 0 aliphatic heterocycles. The van der Waals surface area contributed by atoms with Crippen molar-refractivity contribution < 1.29 is 1.43 Å². The van der Waals surface area contributed by atoms with Crippen molar-refractivity contribution in [3.05, 3.63) is 29.8 Å². The average Bonchev–Trinajstić information content (AvgIpc) is 2.52. The van der Waals surface area contributed by atoms with Gasteiger partial charge in [0.1, 0.15) is 0 Å². The molecule has 2 N–H and O–H groups in total. The van der Waals surface area contributed by atoms with Crippen LogP contribution in [-0.2, 0) is 5.41 Å². The van der Waals surface area contributed by atoms with Gasteiger partial charge in [-0.05, 0) is 37.5 Å². The first-order valence-corrected chi connectivity index (χ1v) is 8.10. The Kier molecular flexibility index (Phi) is 17.4. The van der Waals surface area contributed by atoms with Crippen molar-refractivity contribution in [1.29, 1.82) is 5.26 Å². The minimum Gasteiger partial charge on any atom is -0.399 e. The number of nitriles is 1. The highest BCUT2D eigenvalue weighted by Gasteiger charge is 2.19. The molecule has 0 saturated carbocycles. The molecule has 0 amide bonds. The second kappa shape index (κ2) is 14.9. The Balaban J connectivity index is -0.000000138. The summed E-state index contributed by atoms with van der Waals surface area (Å²) >= 11 is 0. The van der Waals surface area contributed by atoms with Crippen LogP contribution in [0.25, 0.3) is 0 Å². The Labute approximate surface area is 134 Å². The predicted octanol–water partition coefficient (Wildman–Crippen LogP) is 6.42. The van der Waals surface area contributed by atoms with Gasteiger partial charge in [0.05, 0.1) is 11.5 Å². The van der Waals surface area contributed by atoms with Gasteiger partial charge in [-0.15, -0.1) is 0 Å². The average molecular weight is 295 g/mol. The van der Waals surface area contributed by atoms with Crippen molar-refractivity contribution >= 4 is 5.69 Å². The van der Waals surface area contributed by atoms with Crippen LogP contribution in [0.3, 0.4) is 0 Å². The van der Waals surface area contributed by atoms with Crippen molar-refractivity contribution in [2.75, 3.05) is 5.73 Å². The molecule has 0 fully saturated rings. The fraction of sp³-hybridized carbons (Fsp3) is 0.632. The zero-order chi connectivity index (χ0) is 17.5.